The van der Waals surface area contributed by atoms with Gasteiger partial charge in [-0.05, 0) is 25.1 Å². The highest BCUT2D eigenvalue weighted by molar-refractivity contribution is 6.01. The summed E-state index contributed by atoms with van der Waals surface area (Å²) in [6.07, 6.45) is 0.675. The number of nitrogens with zero attached hydrogens (tertiary/aromatic N) is 1. The molecule has 0 saturated carbocycles. The molecule has 92 valence electrons. The quantitative estimate of drug-likeness (QED) is 0.886. The number of alkyl halides is 2. The normalized spacial score (nSPS) is 19.1. The van der Waals surface area contributed by atoms with E-state index in [-0.39, 0.29) is 6.04 Å². The molecule has 1 N–H and O–H groups in total. The summed E-state index contributed by atoms with van der Waals surface area (Å²) in [5.41, 5.74) is 4.13. The van der Waals surface area contributed by atoms with E-state index in [0.29, 0.717) is 17.7 Å². The van der Waals surface area contributed by atoms with E-state index in [0.717, 1.165) is 6.07 Å². The lowest BCUT2D eigenvalue weighted by atomic mass is 10.1. The minimum atomic E-state index is -3.03. The van der Waals surface area contributed by atoms with Gasteiger partial charge in [0, 0.05) is 18.0 Å². The van der Waals surface area contributed by atoms with Gasteiger partial charge < -0.3 is 10.2 Å². The molecule has 1 atom stereocenters. The van der Waals surface area contributed by atoms with Gasteiger partial charge in [-0.1, -0.05) is 0 Å². The lowest BCUT2D eigenvalue weighted by Crippen LogP contribution is -2.13. The summed E-state index contributed by atoms with van der Waals surface area (Å²) in [6, 6.07) is 4.04. The van der Waals surface area contributed by atoms with Crippen LogP contribution in [0.25, 0.3) is 0 Å². The van der Waals surface area contributed by atoms with Crippen LogP contribution in [-0.2, 0) is 0 Å². The van der Waals surface area contributed by atoms with Crippen molar-refractivity contribution in [3.8, 4) is 5.75 Å². The van der Waals surface area contributed by atoms with Crippen LogP contribution in [0.4, 0.5) is 13.2 Å². The summed E-state index contributed by atoms with van der Waals surface area (Å²) >= 11 is 0. The molecule has 0 fully saturated rings. The summed E-state index contributed by atoms with van der Waals surface area (Å²) in [5, 5.41) is 4.03. The third-order valence-corrected chi connectivity index (χ3v) is 2.40. The number of benzene rings is 1. The third-order valence-electron chi connectivity index (χ3n) is 2.40. The van der Waals surface area contributed by atoms with Crippen LogP contribution in [0.3, 0.4) is 0 Å². The van der Waals surface area contributed by atoms with Gasteiger partial charge in [-0.25, -0.2) is 4.39 Å². The lowest BCUT2D eigenvalue weighted by Gasteiger charge is -2.07. The molecule has 0 aliphatic carbocycles. The largest absolute Gasteiger partial charge is 0.432 e. The maximum absolute atomic E-state index is 13.4. The number of hydrogen-bond donors (Lipinski definition) is 1. The van der Waals surface area contributed by atoms with Crippen LogP contribution in [0.1, 0.15) is 18.9 Å². The molecule has 0 unspecified atom stereocenters. The molecule has 1 aromatic rings. The van der Waals surface area contributed by atoms with E-state index in [1.54, 1.807) is 0 Å². The molecule has 1 aliphatic heterocycles. The van der Waals surface area contributed by atoms with Gasteiger partial charge in [0.25, 0.3) is 0 Å². The van der Waals surface area contributed by atoms with Crippen molar-refractivity contribution >= 4 is 5.71 Å². The van der Waals surface area contributed by atoms with Crippen molar-refractivity contribution in [2.75, 3.05) is 0 Å². The van der Waals surface area contributed by atoms with Crippen molar-refractivity contribution in [3.63, 3.8) is 0 Å². The first-order chi connectivity index (χ1) is 8.06. The second-order valence-corrected chi connectivity index (χ2v) is 3.82. The van der Waals surface area contributed by atoms with Crippen LogP contribution >= 0.6 is 0 Å². The first kappa shape index (κ1) is 11.8. The number of halogens is 3. The molecule has 0 bridgehead atoms. The summed E-state index contributed by atoms with van der Waals surface area (Å²) < 4.78 is 41.3. The van der Waals surface area contributed by atoms with E-state index in [1.807, 2.05) is 6.92 Å². The van der Waals surface area contributed by atoms with Crippen LogP contribution in [0, 0.1) is 5.82 Å². The molecule has 0 aromatic heterocycles. The van der Waals surface area contributed by atoms with E-state index in [2.05, 4.69) is 15.3 Å². The zero-order chi connectivity index (χ0) is 12.4. The Morgan fingerprint density at radius 3 is 2.76 bits per heavy atom. The molecule has 6 heteroatoms. The standard InChI is InChI=1S/C11H11F3N2O/c1-6-4-9(16-15-6)7-2-3-10(8(12)5-7)17-11(13)14/h2-3,5-6,11,15H,4H2,1H3/t6-/m0/s1. The highest BCUT2D eigenvalue weighted by Gasteiger charge is 2.17. The number of hydrazone groups is 1. The predicted octanol–water partition coefficient (Wildman–Crippen LogP) is 2.51. The van der Waals surface area contributed by atoms with Crippen molar-refractivity contribution < 1.29 is 17.9 Å². The molecule has 0 saturated heterocycles. The average Bonchev–Trinajstić information content (AvgIpc) is 2.67. The molecule has 0 spiro atoms. The Morgan fingerprint density at radius 2 is 2.24 bits per heavy atom. The molecule has 0 amide bonds. The van der Waals surface area contributed by atoms with E-state index < -0.39 is 18.2 Å². The molecule has 17 heavy (non-hydrogen) atoms. The van der Waals surface area contributed by atoms with Crippen molar-refractivity contribution in [1.29, 1.82) is 0 Å². The fourth-order valence-corrected chi connectivity index (χ4v) is 1.62. The molecule has 1 heterocycles. The van der Waals surface area contributed by atoms with Gasteiger partial charge >= 0.3 is 6.61 Å². The van der Waals surface area contributed by atoms with Crippen LogP contribution in [0.15, 0.2) is 23.3 Å². The van der Waals surface area contributed by atoms with Gasteiger partial charge in [-0.15, -0.1) is 0 Å². The second-order valence-electron chi connectivity index (χ2n) is 3.82. The van der Waals surface area contributed by atoms with E-state index in [1.165, 1.54) is 12.1 Å². The van der Waals surface area contributed by atoms with Gasteiger partial charge in [0.05, 0.1) is 5.71 Å². The number of rotatable bonds is 3. The monoisotopic (exact) mass is 244 g/mol. The topological polar surface area (TPSA) is 33.6 Å². The predicted molar refractivity (Wildman–Crippen MR) is 56.8 cm³/mol. The Kier molecular flexibility index (Phi) is 3.21. The Hall–Kier alpha value is -1.72. The number of hydrogen-bond acceptors (Lipinski definition) is 3. The fourth-order valence-electron chi connectivity index (χ4n) is 1.62. The highest BCUT2D eigenvalue weighted by Crippen LogP contribution is 2.22. The molecule has 3 nitrogen and oxygen atoms in total. The first-order valence-corrected chi connectivity index (χ1v) is 5.13. The fraction of sp³-hybridized carbons (Fsp3) is 0.364. The minimum Gasteiger partial charge on any atom is -0.432 e. The molecular formula is C11H11F3N2O. The summed E-state index contributed by atoms with van der Waals surface area (Å²) in [4.78, 5) is 0. The van der Waals surface area contributed by atoms with Crippen molar-refractivity contribution in [2.45, 2.75) is 26.0 Å². The van der Waals surface area contributed by atoms with Crippen LogP contribution < -0.4 is 10.2 Å². The van der Waals surface area contributed by atoms with Gasteiger partial charge in [0.15, 0.2) is 11.6 Å². The lowest BCUT2D eigenvalue weighted by molar-refractivity contribution is -0.0521. The van der Waals surface area contributed by atoms with E-state index >= 15 is 0 Å². The summed E-state index contributed by atoms with van der Waals surface area (Å²) in [6.45, 7) is -1.08. The van der Waals surface area contributed by atoms with Gasteiger partial charge in [0.2, 0.25) is 0 Å². The zero-order valence-electron chi connectivity index (χ0n) is 9.08. The Morgan fingerprint density at radius 1 is 1.47 bits per heavy atom. The summed E-state index contributed by atoms with van der Waals surface area (Å²) in [5.74, 6) is -1.27. The number of ether oxygens (including phenoxy) is 1. The van der Waals surface area contributed by atoms with E-state index in [4.69, 9.17) is 0 Å². The Bertz CT molecular complexity index is 448. The van der Waals surface area contributed by atoms with Crippen LogP contribution in [-0.4, -0.2) is 18.4 Å². The Labute approximate surface area is 96.3 Å². The second kappa shape index (κ2) is 4.65. The van der Waals surface area contributed by atoms with Gasteiger partial charge in [-0.2, -0.15) is 13.9 Å². The third kappa shape index (κ3) is 2.69. The maximum Gasteiger partial charge on any atom is 0.387 e. The Balaban J connectivity index is 2.19. The smallest absolute Gasteiger partial charge is 0.387 e. The average molecular weight is 244 g/mol. The minimum absolute atomic E-state index is 0.199. The zero-order valence-corrected chi connectivity index (χ0v) is 9.08. The maximum atomic E-state index is 13.4. The molecule has 1 aromatic carbocycles. The van der Waals surface area contributed by atoms with Crippen molar-refractivity contribution in [3.05, 3.63) is 29.6 Å². The van der Waals surface area contributed by atoms with Crippen LogP contribution in [0.5, 0.6) is 5.75 Å². The molecule has 2 rings (SSSR count). The SMILES string of the molecule is C[C@H]1CC(c2ccc(OC(F)F)c(F)c2)=NN1. The van der Waals surface area contributed by atoms with Gasteiger partial charge in [0.1, 0.15) is 0 Å². The highest BCUT2D eigenvalue weighted by atomic mass is 19.3. The molecule has 0 radical (unpaired) electrons. The van der Waals surface area contributed by atoms with Crippen molar-refractivity contribution in [1.82, 2.24) is 5.43 Å². The number of nitrogens with one attached hydrogen (secondary N) is 1. The van der Waals surface area contributed by atoms with Crippen LogP contribution in [0.2, 0.25) is 0 Å². The van der Waals surface area contributed by atoms with E-state index in [9.17, 15) is 13.2 Å². The molecular weight excluding hydrogens is 233 g/mol. The first-order valence-electron chi connectivity index (χ1n) is 5.13. The van der Waals surface area contributed by atoms with Crippen molar-refractivity contribution in [2.24, 2.45) is 5.10 Å². The molecule has 1 aliphatic rings. The van der Waals surface area contributed by atoms with Gasteiger partial charge in [-0.3, -0.25) is 0 Å². The summed E-state index contributed by atoms with van der Waals surface area (Å²) in [7, 11) is 0.